The molecule has 1 aromatic heterocycles. The Morgan fingerprint density at radius 3 is 2.71 bits per heavy atom. The Kier molecular flexibility index (Phi) is 5.01. The van der Waals surface area contributed by atoms with Crippen molar-refractivity contribution in [3.8, 4) is 0 Å². The number of aryl methyl sites for hydroxylation is 1. The smallest absolute Gasteiger partial charge is 0.165 e. The molecule has 1 heterocycles. The third-order valence-electron chi connectivity index (χ3n) is 2.33. The molecule has 98 valence electrons. The zero-order valence-corrected chi connectivity index (χ0v) is 11.2. The number of hydrogen-bond donors (Lipinski definition) is 1. The maximum atomic E-state index is 11.4. The van der Waals surface area contributed by atoms with Crippen molar-refractivity contribution in [1.82, 2.24) is 25.5 Å². The van der Waals surface area contributed by atoms with E-state index in [-0.39, 0.29) is 11.5 Å². The van der Waals surface area contributed by atoms with Gasteiger partial charge in [0.2, 0.25) is 0 Å². The summed E-state index contributed by atoms with van der Waals surface area (Å²) >= 11 is 0. The van der Waals surface area contributed by atoms with Gasteiger partial charge in [-0.15, -0.1) is 5.10 Å². The van der Waals surface area contributed by atoms with E-state index >= 15 is 0 Å². The molecule has 17 heavy (non-hydrogen) atoms. The Balaban J connectivity index is 2.57. The average molecular weight is 261 g/mol. The minimum atomic E-state index is -2.98. The van der Waals surface area contributed by atoms with Crippen LogP contribution in [0.1, 0.15) is 26.6 Å². The molecule has 8 heteroatoms. The lowest BCUT2D eigenvalue weighted by Crippen LogP contribution is -2.25. The predicted octanol–water partition coefficient (Wildman–Crippen LogP) is -0.394. The van der Waals surface area contributed by atoms with Crippen LogP contribution < -0.4 is 5.32 Å². The first-order chi connectivity index (χ1) is 7.94. The highest BCUT2D eigenvalue weighted by Crippen LogP contribution is 1.96. The number of aromatic nitrogens is 4. The molecule has 0 spiro atoms. The zero-order valence-electron chi connectivity index (χ0n) is 10.4. The first-order valence-electron chi connectivity index (χ1n) is 5.63. The molecule has 0 aliphatic carbocycles. The van der Waals surface area contributed by atoms with Gasteiger partial charge in [0.15, 0.2) is 15.7 Å². The minimum absolute atomic E-state index is 0.0726. The Morgan fingerprint density at radius 1 is 1.41 bits per heavy atom. The average Bonchev–Trinajstić information content (AvgIpc) is 2.71. The molecule has 1 N–H and O–H groups in total. The number of tetrazole rings is 1. The van der Waals surface area contributed by atoms with Gasteiger partial charge in [0.25, 0.3) is 0 Å². The van der Waals surface area contributed by atoms with Crippen LogP contribution in [0, 0.1) is 0 Å². The van der Waals surface area contributed by atoms with Crippen LogP contribution in [0.25, 0.3) is 0 Å². The van der Waals surface area contributed by atoms with E-state index in [1.807, 2.05) is 13.8 Å². The summed E-state index contributed by atoms with van der Waals surface area (Å²) in [6.07, 6.45) is 0. The van der Waals surface area contributed by atoms with Crippen LogP contribution in [0.4, 0.5) is 0 Å². The highest BCUT2D eigenvalue weighted by Gasteiger charge is 2.11. The molecule has 0 atom stereocenters. The first kappa shape index (κ1) is 14.0. The Hall–Kier alpha value is -1.02. The van der Waals surface area contributed by atoms with Crippen LogP contribution in [-0.2, 0) is 22.9 Å². The maximum absolute atomic E-state index is 11.4. The molecule has 0 saturated heterocycles. The van der Waals surface area contributed by atoms with Crippen molar-refractivity contribution in [2.45, 2.75) is 39.9 Å². The standard InChI is InChI=1S/C9H19N5O2S/c1-4-17(15,16)6-5-14-9(11-12-13-14)7-10-8(2)3/h8,10H,4-7H2,1-3H3. The lowest BCUT2D eigenvalue weighted by molar-refractivity contribution is 0.526. The molecule has 1 aromatic rings. The van der Waals surface area contributed by atoms with E-state index in [9.17, 15) is 8.42 Å². The van der Waals surface area contributed by atoms with Crippen molar-refractivity contribution in [2.24, 2.45) is 0 Å². The quantitative estimate of drug-likeness (QED) is 0.718. The third kappa shape index (κ3) is 4.78. The van der Waals surface area contributed by atoms with E-state index < -0.39 is 9.84 Å². The molecule has 0 radical (unpaired) electrons. The third-order valence-corrected chi connectivity index (χ3v) is 4.01. The van der Waals surface area contributed by atoms with Gasteiger partial charge < -0.3 is 5.32 Å². The fourth-order valence-electron chi connectivity index (χ4n) is 1.19. The molecule has 0 aromatic carbocycles. The van der Waals surface area contributed by atoms with Crippen LogP contribution >= 0.6 is 0 Å². The molecule has 0 aliphatic heterocycles. The molecule has 0 saturated carbocycles. The highest BCUT2D eigenvalue weighted by atomic mass is 32.2. The van der Waals surface area contributed by atoms with Crippen molar-refractivity contribution in [3.63, 3.8) is 0 Å². The van der Waals surface area contributed by atoms with Gasteiger partial charge in [-0.1, -0.05) is 20.8 Å². The van der Waals surface area contributed by atoms with Gasteiger partial charge in [-0.25, -0.2) is 13.1 Å². The van der Waals surface area contributed by atoms with E-state index in [0.717, 1.165) is 0 Å². The van der Waals surface area contributed by atoms with Gasteiger partial charge in [0.1, 0.15) is 0 Å². The lowest BCUT2D eigenvalue weighted by Gasteiger charge is -2.08. The first-order valence-corrected chi connectivity index (χ1v) is 7.45. The molecule has 7 nitrogen and oxygen atoms in total. The summed E-state index contributed by atoms with van der Waals surface area (Å²) in [4.78, 5) is 0. The van der Waals surface area contributed by atoms with Gasteiger partial charge in [-0.2, -0.15) is 0 Å². The Bertz CT molecular complexity index is 440. The zero-order chi connectivity index (χ0) is 12.9. The monoisotopic (exact) mass is 261 g/mol. The molecule has 0 unspecified atom stereocenters. The summed E-state index contributed by atoms with van der Waals surface area (Å²) in [7, 11) is -2.98. The van der Waals surface area contributed by atoms with Crippen molar-refractivity contribution in [3.05, 3.63) is 5.82 Å². The molecule has 0 amide bonds. The summed E-state index contributed by atoms with van der Waals surface area (Å²) < 4.78 is 24.3. The van der Waals surface area contributed by atoms with Gasteiger partial charge in [0, 0.05) is 11.8 Å². The lowest BCUT2D eigenvalue weighted by atomic mass is 10.4. The summed E-state index contributed by atoms with van der Waals surface area (Å²) in [6.45, 7) is 6.52. The normalized spacial score (nSPS) is 12.2. The second kappa shape index (κ2) is 6.06. The SMILES string of the molecule is CCS(=O)(=O)CCn1nnnc1CNC(C)C. The van der Waals surface area contributed by atoms with E-state index in [2.05, 4.69) is 20.8 Å². The fraction of sp³-hybridized carbons (Fsp3) is 0.889. The van der Waals surface area contributed by atoms with E-state index in [4.69, 9.17) is 0 Å². The van der Waals surface area contributed by atoms with Crippen molar-refractivity contribution < 1.29 is 8.42 Å². The predicted molar refractivity (Wildman–Crippen MR) is 64.1 cm³/mol. The van der Waals surface area contributed by atoms with Gasteiger partial charge >= 0.3 is 0 Å². The second-order valence-electron chi connectivity index (χ2n) is 4.09. The summed E-state index contributed by atoms with van der Waals surface area (Å²) in [6, 6.07) is 0.333. The van der Waals surface area contributed by atoms with Gasteiger partial charge in [-0.05, 0) is 10.4 Å². The number of sulfone groups is 1. The van der Waals surface area contributed by atoms with Crippen LogP contribution in [0.5, 0.6) is 0 Å². The largest absolute Gasteiger partial charge is 0.308 e. The van der Waals surface area contributed by atoms with E-state index in [1.54, 1.807) is 6.92 Å². The van der Waals surface area contributed by atoms with Crippen LogP contribution in [0.15, 0.2) is 0 Å². The molecule has 0 bridgehead atoms. The van der Waals surface area contributed by atoms with Crippen molar-refractivity contribution in [1.29, 1.82) is 0 Å². The van der Waals surface area contributed by atoms with Crippen LogP contribution in [0.3, 0.4) is 0 Å². The summed E-state index contributed by atoms with van der Waals surface area (Å²) in [5.74, 6) is 0.878. The van der Waals surface area contributed by atoms with Crippen LogP contribution in [-0.4, -0.2) is 46.2 Å². The fourth-order valence-corrected chi connectivity index (χ4v) is 1.93. The number of rotatable bonds is 7. The van der Waals surface area contributed by atoms with Crippen molar-refractivity contribution >= 4 is 9.84 Å². The second-order valence-corrected chi connectivity index (χ2v) is 6.56. The van der Waals surface area contributed by atoms with Gasteiger partial charge in [-0.3, -0.25) is 0 Å². The van der Waals surface area contributed by atoms with E-state index in [0.29, 0.717) is 25.0 Å². The maximum Gasteiger partial charge on any atom is 0.165 e. The molecule has 1 rings (SSSR count). The Labute approximate surface area is 102 Å². The minimum Gasteiger partial charge on any atom is -0.308 e. The molecule has 0 fully saturated rings. The number of nitrogens with zero attached hydrogens (tertiary/aromatic N) is 4. The summed E-state index contributed by atoms with van der Waals surface area (Å²) in [5, 5.41) is 14.4. The Morgan fingerprint density at radius 2 is 2.12 bits per heavy atom. The molecular weight excluding hydrogens is 242 g/mol. The van der Waals surface area contributed by atoms with Crippen LogP contribution in [0.2, 0.25) is 0 Å². The van der Waals surface area contributed by atoms with E-state index in [1.165, 1.54) is 4.68 Å². The number of nitrogens with one attached hydrogen (secondary N) is 1. The number of hydrogen-bond acceptors (Lipinski definition) is 6. The van der Waals surface area contributed by atoms with Crippen molar-refractivity contribution in [2.75, 3.05) is 11.5 Å². The summed E-state index contributed by atoms with van der Waals surface area (Å²) in [5.41, 5.74) is 0. The van der Waals surface area contributed by atoms with Gasteiger partial charge in [0.05, 0.1) is 18.8 Å². The molecule has 0 aliphatic rings. The highest BCUT2D eigenvalue weighted by molar-refractivity contribution is 7.91. The molecular formula is C9H19N5O2S. The topological polar surface area (TPSA) is 89.8 Å².